The number of benzene rings is 2. The minimum absolute atomic E-state index is 0.179. The number of carbonyl (C=O) groups excluding carboxylic acids is 1. The molecule has 0 atom stereocenters. The van der Waals surface area contributed by atoms with E-state index in [-0.39, 0.29) is 11.6 Å². The zero-order valence-electron chi connectivity index (χ0n) is 14.7. The maximum atomic E-state index is 12.6. The van der Waals surface area contributed by atoms with Gasteiger partial charge in [0.2, 0.25) is 5.95 Å². The fourth-order valence-corrected chi connectivity index (χ4v) is 2.98. The molecule has 27 heavy (non-hydrogen) atoms. The fraction of sp³-hybridized carbons (Fsp3) is 0.100. The molecule has 1 aromatic heterocycles. The van der Waals surface area contributed by atoms with Crippen LogP contribution in [0.4, 0.5) is 17.3 Å². The molecule has 3 rings (SSSR count). The zero-order chi connectivity index (χ0) is 19.4. The third-order valence-corrected chi connectivity index (χ3v) is 4.15. The molecule has 0 spiro atoms. The molecule has 0 unspecified atom stereocenters. The summed E-state index contributed by atoms with van der Waals surface area (Å²) in [5.41, 5.74) is 3.63. The Bertz CT molecular complexity index is 1040. The van der Waals surface area contributed by atoms with Gasteiger partial charge >= 0.3 is 0 Å². The first-order valence-corrected chi connectivity index (χ1v) is 8.53. The van der Waals surface area contributed by atoms with E-state index in [0.717, 1.165) is 11.1 Å². The topological polar surface area (TPSA) is 90.7 Å². The van der Waals surface area contributed by atoms with Crippen molar-refractivity contribution in [3.8, 4) is 6.07 Å². The smallest absolute Gasteiger partial charge is 0.274 e. The Labute approximate surface area is 161 Å². The number of rotatable bonds is 4. The molecule has 0 bridgehead atoms. The molecule has 0 fully saturated rings. The van der Waals surface area contributed by atoms with Crippen LogP contribution < -0.4 is 10.6 Å². The van der Waals surface area contributed by atoms with Gasteiger partial charge in [-0.3, -0.25) is 4.79 Å². The summed E-state index contributed by atoms with van der Waals surface area (Å²) >= 11 is 6.25. The summed E-state index contributed by atoms with van der Waals surface area (Å²) in [7, 11) is 0. The van der Waals surface area contributed by atoms with Crippen LogP contribution >= 0.6 is 11.6 Å². The van der Waals surface area contributed by atoms with Gasteiger partial charge < -0.3 is 10.6 Å². The van der Waals surface area contributed by atoms with Crippen molar-refractivity contribution in [2.24, 2.45) is 0 Å². The van der Waals surface area contributed by atoms with E-state index in [1.165, 1.54) is 12.3 Å². The average molecular weight is 378 g/mol. The van der Waals surface area contributed by atoms with Crippen molar-refractivity contribution in [2.45, 2.75) is 13.8 Å². The Kier molecular flexibility index (Phi) is 5.34. The molecule has 0 aliphatic rings. The van der Waals surface area contributed by atoms with Gasteiger partial charge in [-0.1, -0.05) is 29.8 Å². The molecule has 2 N–H and O–H groups in total. The minimum atomic E-state index is -0.400. The molecule has 6 nitrogen and oxygen atoms in total. The number of hydrogen-bond acceptors (Lipinski definition) is 5. The predicted octanol–water partition coefficient (Wildman–Crippen LogP) is 4.61. The summed E-state index contributed by atoms with van der Waals surface area (Å²) < 4.78 is 0. The van der Waals surface area contributed by atoms with E-state index in [4.69, 9.17) is 16.9 Å². The van der Waals surface area contributed by atoms with Gasteiger partial charge in [0.25, 0.3) is 5.91 Å². The SMILES string of the molecule is Cc1cc(C)c(NC(=O)c2ccnc(Nc3ccccc3C#N)n2)c(Cl)c1. The number of aromatic nitrogens is 2. The van der Waals surface area contributed by atoms with Gasteiger partial charge in [-0.15, -0.1) is 0 Å². The van der Waals surface area contributed by atoms with Gasteiger partial charge in [0.05, 0.1) is 22.0 Å². The van der Waals surface area contributed by atoms with Crippen LogP contribution in [0.15, 0.2) is 48.7 Å². The van der Waals surface area contributed by atoms with E-state index < -0.39 is 5.91 Å². The average Bonchev–Trinajstić information content (AvgIpc) is 2.65. The first-order chi connectivity index (χ1) is 13.0. The molecule has 134 valence electrons. The molecule has 1 amide bonds. The van der Waals surface area contributed by atoms with Crippen molar-refractivity contribution >= 4 is 34.8 Å². The molecule has 0 aliphatic carbocycles. The number of anilines is 3. The third kappa shape index (κ3) is 4.22. The first-order valence-electron chi connectivity index (χ1n) is 8.15. The van der Waals surface area contributed by atoms with Crippen molar-refractivity contribution in [3.05, 3.63) is 76.1 Å². The van der Waals surface area contributed by atoms with E-state index in [2.05, 4.69) is 26.7 Å². The van der Waals surface area contributed by atoms with Gasteiger partial charge in [0.1, 0.15) is 11.8 Å². The lowest BCUT2D eigenvalue weighted by atomic mass is 10.1. The van der Waals surface area contributed by atoms with E-state index in [1.807, 2.05) is 19.9 Å². The monoisotopic (exact) mass is 377 g/mol. The van der Waals surface area contributed by atoms with Crippen LogP contribution in [0.5, 0.6) is 0 Å². The molecule has 0 radical (unpaired) electrons. The van der Waals surface area contributed by atoms with E-state index in [0.29, 0.717) is 22.0 Å². The lowest BCUT2D eigenvalue weighted by Crippen LogP contribution is -2.16. The van der Waals surface area contributed by atoms with Crippen LogP contribution in [0.1, 0.15) is 27.2 Å². The van der Waals surface area contributed by atoms with Crippen LogP contribution in [-0.2, 0) is 0 Å². The highest BCUT2D eigenvalue weighted by molar-refractivity contribution is 6.34. The van der Waals surface area contributed by atoms with Crippen LogP contribution in [0.2, 0.25) is 5.02 Å². The van der Waals surface area contributed by atoms with Gasteiger partial charge in [0, 0.05) is 6.20 Å². The van der Waals surface area contributed by atoms with Crippen LogP contribution in [-0.4, -0.2) is 15.9 Å². The molecular weight excluding hydrogens is 362 g/mol. The number of halogens is 1. The largest absolute Gasteiger partial charge is 0.323 e. The third-order valence-electron chi connectivity index (χ3n) is 3.85. The van der Waals surface area contributed by atoms with E-state index in [9.17, 15) is 4.79 Å². The van der Waals surface area contributed by atoms with Crippen LogP contribution in [0, 0.1) is 25.2 Å². The number of nitriles is 1. The predicted molar refractivity (Wildman–Crippen MR) is 105 cm³/mol. The minimum Gasteiger partial charge on any atom is -0.323 e. The fourth-order valence-electron chi connectivity index (χ4n) is 2.61. The maximum absolute atomic E-state index is 12.6. The van der Waals surface area contributed by atoms with E-state index >= 15 is 0 Å². The van der Waals surface area contributed by atoms with Crippen LogP contribution in [0.25, 0.3) is 0 Å². The number of nitrogens with one attached hydrogen (secondary N) is 2. The Morgan fingerprint density at radius 1 is 1.19 bits per heavy atom. The quantitative estimate of drug-likeness (QED) is 0.692. The number of carbonyl (C=O) groups is 1. The molecule has 2 aromatic carbocycles. The first kappa shape index (κ1) is 18.4. The number of para-hydroxylation sites is 1. The lowest BCUT2D eigenvalue weighted by Gasteiger charge is -2.12. The summed E-state index contributed by atoms with van der Waals surface area (Å²) in [6, 6.07) is 14.3. The summed E-state index contributed by atoms with van der Waals surface area (Å²) in [4.78, 5) is 20.9. The van der Waals surface area contributed by atoms with Gasteiger partial charge in [-0.25, -0.2) is 9.97 Å². The number of hydrogen-bond donors (Lipinski definition) is 2. The second-order valence-corrected chi connectivity index (χ2v) is 6.35. The Morgan fingerprint density at radius 3 is 2.70 bits per heavy atom. The van der Waals surface area contributed by atoms with Gasteiger partial charge in [-0.05, 0) is 49.2 Å². The summed E-state index contributed by atoms with van der Waals surface area (Å²) in [6.07, 6.45) is 1.48. The number of aryl methyl sites for hydroxylation is 2. The Balaban J connectivity index is 1.83. The second-order valence-electron chi connectivity index (χ2n) is 5.94. The Hall–Kier alpha value is -3.43. The summed E-state index contributed by atoms with van der Waals surface area (Å²) in [5, 5.41) is 15.4. The molecule has 0 aliphatic heterocycles. The van der Waals surface area contributed by atoms with Crippen molar-refractivity contribution in [1.29, 1.82) is 5.26 Å². The van der Waals surface area contributed by atoms with Crippen molar-refractivity contribution in [1.82, 2.24) is 9.97 Å². The summed E-state index contributed by atoms with van der Waals surface area (Å²) in [6.45, 7) is 3.81. The lowest BCUT2D eigenvalue weighted by molar-refractivity contribution is 0.102. The molecule has 0 saturated carbocycles. The highest BCUT2D eigenvalue weighted by Crippen LogP contribution is 2.27. The highest BCUT2D eigenvalue weighted by Gasteiger charge is 2.14. The molecule has 1 heterocycles. The van der Waals surface area contributed by atoms with Gasteiger partial charge in [-0.2, -0.15) is 5.26 Å². The molecule has 0 saturated heterocycles. The van der Waals surface area contributed by atoms with Crippen molar-refractivity contribution in [2.75, 3.05) is 10.6 Å². The van der Waals surface area contributed by atoms with E-state index in [1.54, 1.807) is 30.3 Å². The molecule has 3 aromatic rings. The normalized spacial score (nSPS) is 10.1. The summed E-state index contributed by atoms with van der Waals surface area (Å²) in [5.74, 6) is -0.181. The van der Waals surface area contributed by atoms with Crippen LogP contribution in [0.3, 0.4) is 0 Å². The molecular formula is C20H16ClN5O. The Morgan fingerprint density at radius 2 is 1.96 bits per heavy atom. The maximum Gasteiger partial charge on any atom is 0.274 e. The van der Waals surface area contributed by atoms with Gasteiger partial charge in [0.15, 0.2) is 0 Å². The van der Waals surface area contributed by atoms with Crippen molar-refractivity contribution < 1.29 is 4.79 Å². The second kappa shape index (κ2) is 7.85. The number of amides is 1. The molecule has 7 heteroatoms. The highest BCUT2D eigenvalue weighted by atomic mass is 35.5. The standard InChI is InChI=1S/C20H16ClN5O/c1-12-9-13(2)18(15(21)10-12)26-19(27)17-7-8-23-20(25-17)24-16-6-4-3-5-14(16)11-22/h3-10H,1-2H3,(H,26,27)(H,23,24,25). The number of nitrogens with zero attached hydrogens (tertiary/aromatic N) is 3. The van der Waals surface area contributed by atoms with Crippen molar-refractivity contribution in [3.63, 3.8) is 0 Å². The zero-order valence-corrected chi connectivity index (χ0v) is 15.5.